The van der Waals surface area contributed by atoms with Crippen LogP contribution in [0.1, 0.15) is 54.9 Å². The van der Waals surface area contributed by atoms with Crippen molar-refractivity contribution in [3.8, 4) is 11.3 Å². The Hall–Kier alpha value is -2.66. The Morgan fingerprint density at radius 2 is 1.72 bits per heavy atom. The highest BCUT2D eigenvalue weighted by molar-refractivity contribution is 5.94. The number of fused-ring (bicyclic) bond motifs is 2. The van der Waals surface area contributed by atoms with Crippen LogP contribution in [0.5, 0.6) is 0 Å². The van der Waals surface area contributed by atoms with Crippen molar-refractivity contribution in [3.05, 3.63) is 47.9 Å². The fraction of sp³-hybridized carbons (Fsp3) is 0.417. The lowest BCUT2D eigenvalue weighted by atomic mass is 10.1. The summed E-state index contributed by atoms with van der Waals surface area (Å²) in [5, 5.41) is 1.23. The quantitative estimate of drug-likeness (QED) is 0.398. The summed E-state index contributed by atoms with van der Waals surface area (Å²) >= 11 is 0. The molecular weight excluding hydrogens is 358 g/mol. The van der Waals surface area contributed by atoms with Gasteiger partial charge in [-0.25, -0.2) is 9.97 Å². The summed E-state index contributed by atoms with van der Waals surface area (Å²) in [6, 6.07) is 11.4. The van der Waals surface area contributed by atoms with Gasteiger partial charge in [-0.3, -0.25) is 4.90 Å². The third-order valence-electron chi connectivity index (χ3n) is 4.80. The topological polar surface area (TPSA) is 60.6 Å². The van der Waals surface area contributed by atoms with Crippen molar-refractivity contribution < 1.29 is 0 Å². The molecule has 160 valence electrons. The molecule has 29 heavy (non-hydrogen) atoms. The molecular formula is C24H39N5. The molecule has 3 aromatic heterocycles. The minimum atomic E-state index is 0. The number of nitrogens with one attached hydrogen (secondary N) is 2. The van der Waals surface area contributed by atoms with Crippen molar-refractivity contribution >= 4 is 22.1 Å². The Morgan fingerprint density at radius 3 is 2.41 bits per heavy atom. The lowest BCUT2D eigenvalue weighted by Gasteiger charge is -2.20. The van der Waals surface area contributed by atoms with Crippen molar-refractivity contribution in [1.29, 1.82) is 0 Å². The molecule has 0 saturated heterocycles. The molecule has 5 heteroatoms. The second kappa shape index (κ2) is 10.2. The van der Waals surface area contributed by atoms with E-state index in [1.165, 1.54) is 10.9 Å². The van der Waals surface area contributed by atoms with Crippen molar-refractivity contribution in [2.24, 2.45) is 0 Å². The number of hydrogen-bond donors (Lipinski definition) is 2. The molecule has 0 amide bonds. The first-order valence-electron chi connectivity index (χ1n) is 8.65. The molecule has 0 saturated carbocycles. The van der Waals surface area contributed by atoms with Gasteiger partial charge in [-0.2, -0.15) is 0 Å². The summed E-state index contributed by atoms with van der Waals surface area (Å²) in [4.78, 5) is 18.0. The number of aromatic nitrogens is 4. The maximum absolute atomic E-state index is 4.43. The van der Waals surface area contributed by atoms with Gasteiger partial charge in [0.2, 0.25) is 0 Å². The van der Waals surface area contributed by atoms with Gasteiger partial charge >= 0.3 is 0 Å². The van der Waals surface area contributed by atoms with Crippen LogP contribution in [0.3, 0.4) is 0 Å². The highest BCUT2D eigenvalue weighted by Gasteiger charge is 2.11. The van der Waals surface area contributed by atoms with Crippen molar-refractivity contribution in [2.75, 3.05) is 7.05 Å². The molecule has 4 aromatic rings. The Bertz CT molecular complexity index is 1040. The largest absolute Gasteiger partial charge is 0.354 e. The van der Waals surface area contributed by atoms with Crippen molar-refractivity contribution in [1.82, 2.24) is 24.8 Å². The van der Waals surface area contributed by atoms with Crippen molar-refractivity contribution in [3.63, 3.8) is 0 Å². The minimum Gasteiger partial charge on any atom is -0.354 e. The van der Waals surface area contributed by atoms with E-state index in [2.05, 4.69) is 70.0 Å². The second-order valence-electron chi connectivity index (χ2n) is 6.99. The van der Waals surface area contributed by atoms with Gasteiger partial charge in [0.05, 0.1) is 5.52 Å². The molecule has 0 unspecified atom stereocenters. The average Bonchev–Trinajstić information content (AvgIpc) is 3.15. The van der Waals surface area contributed by atoms with E-state index in [4.69, 9.17) is 0 Å². The molecule has 0 atom stereocenters. The van der Waals surface area contributed by atoms with Gasteiger partial charge in [-0.05, 0) is 57.6 Å². The number of aryl methyl sites for hydroxylation is 1. The Kier molecular flexibility index (Phi) is 9.28. The lowest BCUT2D eigenvalue weighted by Crippen LogP contribution is -2.25. The van der Waals surface area contributed by atoms with E-state index < -0.39 is 0 Å². The number of benzene rings is 1. The summed E-state index contributed by atoms with van der Waals surface area (Å²) in [5.41, 5.74) is 6.39. The number of rotatable bonds is 4. The number of aromatic amines is 2. The summed E-state index contributed by atoms with van der Waals surface area (Å²) in [6.45, 7) is 7.34. The maximum atomic E-state index is 4.43. The number of hydrogen-bond acceptors (Lipinski definition) is 3. The first-order chi connectivity index (χ1) is 12.0. The fourth-order valence-corrected chi connectivity index (χ4v) is 3.15. The normalized spacial score (nSPS) is 10.4. The predicted octanol–water partition coefficient (Wildman–Crippen LogP) is 6.80. The Morgan fingerprint density at radius 1 is 1.00 bits per heavy atom. The molecule has 5 nitrogen and oxygen atoms in total. The average molecular weight is 398 g/mol. The predicted molar refractivity (Wildman–Crippen MR) is 129 cm³/mol. The highest BCUT2D eigenvalue weighted by atomic mass is 15.1. The number of imidazole rings is 1. The van der Waals surface area contributed by atoms with Crippen LogP contribution >= 0.6 is 0 Å². The standard InChI is InChI=1S/C20H23N5.4CH4/c1-12(2)25(4)11-14-5-6-17-15(9-14)10-18(24-17)16-7-8-21-20-19(16)22-13(3)23-20;;;;/h5-10,12,24H,11H2,1-4H3,(H,21,22,23);4*1H4. The summed E-state index contributed by atoms with van der Waals surface area (Å²) in [7, 11) is 2.16. The van der Waals surface area contributed by atoms with Crippen LogP contribution in [-0.2, 0) is 6.54 Å². The minimum absolute atomic E-state index is 0. The zero-order chi connectivity index (χ0) is 17.6. The third-order valence-corrected chi connectivity index (χ3v) is 4.80. The smallest absolute Gasteiger partial charge is 0.178 e. The van der Waals surface area contributed by atoms with E-state index in [1.54, 1.807) is 0 Å². The zero-order valence-electron chi connectivity index (χ0n) is 15.1. The van der Waals surface area contributed by atoms with Crippen LogP contribution in [0.2, 0.25) is 0 Å². The first-order valence-corrected chi connectivity index (χ1v) is 8.65. The molecule has 1 aromatic carbocycles. The van der Waals surface area contributed by atoms with Crippen LogP contribution in [0.4, 0.5) is 0 Å². The second-order valence-corrected chi connectivity index (χ2v) is 6.99. The van der Waals surface area contributed by atoms with Gasteiger partial charge in [0.25, 0.3) is 0 Å². The van der Waals surface area contributed by atoms with Crippen LogP contribution < -0.4 is 0 Å². The van der Waals surface area contributed by atoms with Gasteiger partial charge in [0.15, 0.2) is 5.65 Å². The molecule has 0 aliphatic heterocycles. The monoisotopic (exact) mass is 397 g/mol. The van der Waals surface area contributed by atoms with Gasteiger partial charge in [0.1, 0.15) is 5.82 Å². The summed E-state index contributed by atoms with van der Waals surface area (Å²) in [5.74, 6) is 0.880. The van der Waals surface area contributed by atoms with Crippen LogP contribution in [0.15, 0.2) is 36.5 Å². The Labute approximate surface area is 176 Å². The first kappa shape index (κ1) is 26.3. The van der Waals surface area contributed by atoms with E-state index in [0.29, 0.717) is 6.04 Å². The van der Waals surface area contributed by atoms with Gasteiger partial charge in [-0.1, -0.05) is 35.8 Å². The molecule has 0 spiro atoms. The molecule has 0 aliphatic carbocycles. The van der Waals surface area contributed by atoms with E-state index in [1.807, 2.05) is 19.2 Å². The van der Waals surface area contributed by atoms with E-state index in [0.717, 1.165) is 40.3 Å². The van der Waals surface area contributed by atoms with Crippen LogP contribution in [-0.4, -0.2) is 37.9 Å². The summed E-state index contributed by atoms with van der Waals surface area (Å²) < 4.78 is 0. The van der Waals surface area contributed by atoms with E-state index in [-0.39, 0.29) is 29.7 Å². The molecule has 0 bridgehead atoms. The molecule has 2 N–H and O–H groups in total. The third kappa shape index (κ3) is 5.04. The van der Waals surface area contributed by atoms with E-state index in [9.17, 15) is 0 Å². The molecule has 4 rings (SSSR count). The fourth-order valence-electron chi connectivity index (χ4n) is 3.15. The van der Waals surface area contributed by atoms with Crippen LogP contribution in [0, 0.1) is 6.92 Å². The van der Waals surface area contributed by atoms with Gasteiger partial charge < -0.3 is 9.97 Å². The SMILES string of the molecule is C.C.C.C.Cc1nc2nccc(-c3cc4cc(CN(C)C(C)C)ccc4[nH]3)c2[nH]1. The van der Waals surface area contributed by atoms with Gasteiger partial charge in [-0.15, -0.1) is 0 Å². The van der Waals surface area contributed by atoms with E-state index >= 15 is 0 Å². The molecule has 0 aliphatic rings. The zero-order valence-corrected chi connectivity index (χ0v) is 15.1. The molecule has 0 radical (unpaired) electrons. The summed E-state index contributed by atoms with van der Waals surface area (Å²) in [6.07, 6.45) is 1.81. The molecule has 0 fully saturated rings. The van der Waals surface area contributed by atoms with Crippen molar-refractivity contribution in [2.45, 2.75) is 63.1 Å². The van der Waals surface area contributed by atoms with Crippen LogP contribution in [0.25, 0.3) is 33.3 Å². The van der Waals surface area contributed by atoms with Gasteiger partial charge in [0, 0.05) is 40.9 Å². The number of pyridine rings is 1. The maximum Gasteiger partial charge on any atom is 0.178 e. The molecule has 3 heterocycles. The lowest BCUT2D eigenvalue weighted by molar-refractivity contribution is 0.266. The highest BCUT2D eigenvalue weighted by Crippen LogP contribution is 2.29. The number of H-pyrrole nitrogens is 2. The number of nitrogens with zero attached hydrogens (tertiary/aromatic N) is 3. The Balaban J connectivity index is 0.00000196.